The number of halogens is 2. The first kappa shape index (κ1) is 27.0. The predicted molar refractivity (Wildman–Crippen MR) is 154 cm³/mol. The van der Waals surface area contributed by atoms with Gasteiger partial charge in [0.2, 0.25) is 5.91 Å². The molecule has 0 saturated heterocycles. The third-order valence-corrected chi connectivity index (χ3v) is 6.19. The standard InChI is InChI=1S/C28H28Cl2N6O2/c29-19-14-20(30)16-22(15-19)33-21-11-9-18(10-12-21)25-17-26(36-35-25)28(38)32-13-5-1-2-8-27(37)34-24-7-4-3-6-23(24)31/h3-4,6-7,9-12,14-17,33H,1-2,5,8,13,31H2,(H,32,38)(H,34,37)(H,35,36). The summed E-state index contributed by atoms with van der Waals surface area (Å²) in [5, 5.41) is 17.1. The van der Waals surface area contributed by atoms with Crippen molar-refractivity contribution in [3.8, 4) is 11.3 Å². The Hall–Kier alpha value is -4.01. The number of aromatic nitrogens is 2. The number of anilines is 4. The topological polar surface area (TPSA) is 125 Å². The number of aromatic amines is 1. The minimum absolute atomic E-state index is 0.0744. The molecule has 1 aromatic heterocycles. The van der Waals surface area contributed by atoms with Gasteiger partial charge in [0, 0.05) is 39.9 Å². The lowest BCUT2D eigenvalue weighted by Crippen LogP contribution is -2.24. The van der Waals surface area contributed by atoms with Gasteiger partial charge in [-0.1, -0.05) is 53.9 Å². The third kappa shape index (κ3) is 7.74. The Bertz CT molecular complexity index is 1380. The fourth-order valence-corrected chi connectivity index (χ4v) is 4.34. The number of carbonyl (C=O) groups excluding carboxylic acids is 2. The second-order valence-electron chi connectivity index (χ2n) is 8.73. The molecule has 0 bridgehead atoms. The number of para-hydroxylation sites is 2. The number of rotatable bonds is 11. The maximum Gasteiger partial charge on any atom is 0.269 e. The van der Waals surface area contributed by atoms with E-state index in [0.717, 1.165) is 36.2 Å². The van der Waals surface area contributed by atoms with Crippen LogP contribution in [0.5, 0.6) is 0 Å². The van der Waals surface area contributed by atoms with Crippen molar-refractivity contribution < 1.29 is 9.59 Å². The van der Waals surface area contributed by atoms with Crippen molar-refractivity contribution >= 4 is 57.8 Å². The molecule has 4 aromatic rings. The van der Waals surface area contributed by atoms with Crippen molar-refractivity contribution in [3.05, 3.63) is 88.5 Å². The Morgan fingerprint density at radius 3 is 2.34 bits per heavy atom. The van der Waals surface area contributed by atoms with Gasteiger partial charge in [-0.3, -0.25) is 14.7 Å². The van der Waals surface area contributed by atoms with Crippen LogP contribution in [-0.2, 0) is 4.79 Å². The molecule has 4 rings (SSSR count). The lowest BCUT2D eigenvalue weighted by atomic mass is 10.1. The quantitative estimate of drug-likeness (QED) is 0.106. The first-order valence-electron chi connectivity index (χ1n) is 12.2. The van der Waals surface area contributed by atoms with Crippen LogP contribution in [0.15, 0.2) is 72.8 Å². The van der Waals surface area contributed by atoms with Crippen molar-refractivity contribution in [2.24, 2.45) is 0 Å². The Morgan fingerprint density at radius 1 is 0.868 bits per heavy atom. The largest absolute Gasteiger partial charge is 0.397 e. The number of amides is 2. The van der Waals surface area contributed by atoms with Gasteiger partial charge in [-0.15, -0.1) is 0 Å². The molecular formula is C28H28Cl2N6O2. The van der Waals surface area contributed by atoms with E-state index in [-0.39, 0.29) is 11.8 Å². The molecule has 0 radical (unpaired) electrons. The van der Waals surface area contributed by atoms with E-state index < -0.39 is 0 Å². The number of unbranched alkanes of at least 4 members (excludes halogenated alkanes) is 2. The zero-order valence-electron chi connectivity index (χ0n) is 20.6. The molecule has 2 amide bonds. The molecule has 8 nitrogen and oxygen atoms in total. The van der Waals surface area contributed by atoms with Crippen molar-refractivity contribution in [2.45, 2.75) is 25.7 Å². The second kappa shape index (κ2) is 13.0. The number of benzene rings is 3. The van der Waals surface area contributed by atoms with E-state index in [4.69, 9.17) is 28.9 Å². The molecule has 3 aromatic carbocycles. The highest BCUT2D eigenvalue weighted by Crippen LogP contribution is 2.27. The van der Waals surface area contributed by atoms with Gasteiger partial charge in [0.15, 0.2) is 0 Å². The van der Waals surface area contributed by atoms with Gasteiger partial charge in [-0.25, -0.2) is 0 Å². The first-order valence-corrected chi connectivity index (χ1v) is 12.9. The van der Waals surface area contributed by atoms with Crippen molar-refractivity contribution in [3.63, 3.8) is 0 Å². The number of hydrogen-bond donors (Lipinski definition) is 5. The number of nitrogens with zero attached hydrogens (tertiary/aromatic N) is 1. The van der Waals surface area contributed by atoms with E-state index in [0.29, 0.717) is 45.8 Å². The molecule has 6 N–H and O–H groups in total. The second-order valence-corrected chi connectivity index (χ2v) is 9.60. The Morgan fingerprint density at radius 2 is 1.61 bits per heavy atom. The van der Waals surface area contributed by atoms with E-state index in [9.17, 15) is 9.59 Å². The lowest BCUT2D eigenvalue weighted by Gasteiger charge is -2.08. The highest BCUT2D eigenvalue weighted by atomic mass is 35.5. The minimum Gasteiger partial charge on any atom is -0.397 e. The van der Waals surface area contributed by atoms with Crippen LogP contribution in [0.1, 0.15) is 36.2 Å². The molecule has 0 aliphatic heterocycles. The monoisotopic (exact) mass is 550 g/mol. The van der Waals surface area contributed by atoms with Gasteiger partial charge >= 0.3 is 0 Å². The molecule has 0 atom stereocenters. The van der Waals surface area contributed by atoms with Crippen molar-refractivity contribution in [2.75, 3.05) is 22.9 Å². The molecule has 38 heavy (non-hydrogen) atoms. The predicted octanol–water partition coefficient (Wildman–Crippen LogP) is 6.64. The molecule has 1 heterocycles. The SMILES string of the molecule is Nc1ccccc1NC(=O)CCCCCNC(=O)c1cc(-c2ccc(Nc3cc(Cl)cc(Cl)c3)cc2)n[nH]1. The molecule has 0 aliphatic carbocycles. The summed E-state index contributed by atoms with van der Waals surface area (Å²) >= 11 is 12.1. The lowest BCUT2D eigenvalue weighted by molar-refractivity contribution is -0.116. The molecule has 0 saturated carbocycles. The Kier molecular flexibility index (Phi) is 9.24. The van der Waals surface area contributed by atoms with E-state index in [2.05, 4.69) is 26.1 Å². The van der Waals surface area contributed by atoms with Crippen molar-refractivity contribution in [1.82, 2.24) is 15.5 Å². The summed E-state index contributed by atoms with van der Waals surface area (Å²) in [4.78, 5) is 24.6. The maximum absolute atomic E-state index is 12.5. The van der Waals surface area contributed by atoms with E-state index in [1.54, 1.807) is 36.4 Å². The number of nitrogens with one attached hydrogen (secondary N) is 4. The number of carbonyl (C=O) groups is 2. The molecule has 0 aliphatic rings. The minimum atomic E-state index is -0.225. The summed E-state index contributed by atoms with van der Waals surface area (Å²) in [7, 11) is 0. The number of nitrogen functional groups attached to an aromatic ring is 1. The van der Waals surface area contributed by atoms with Gasteiger partial charge in [-0.05, 0) is 61.4 Å². The molecule has 0 spiro atoms. The van der Waals surface area contributed by atoms with Gasteiger partial charge < -0.3 is 21.7 Å². The molecular weight excluding hydrogens is 523 g/mol. The van der Waals surface area contributed by atoms with Gasteiger partial charge in [-0.2, -0.15) is 5.10 Å². The number of H-pyrrole nitrogens is 1. The molecule has 0 fully saturated rings. The van der Waals surface area contributed by atoms with Crippen molar-refractivity contribution in [1.29, 1.82) is 0 Å². The average molecular weight is 551 g/mol. The first-order chi connectivity index (χ1) is 18.4. The van der Waals surface area contributed by atoms with Crippen LogP contribution < -0.4 is 21.7 Å². The molecule has 196 valence electrons. The Labute approximate surface area is 230 Å². The van der Waals surface area contributed by atoms with Crippen LogP contribution in [0, 0.1) is 0 Å². The van der Waals surface area contributed by atoms with Gasteiger partial charge in [0.1, 0.15) is 5.69 Å². The van der Waals surface area contributed by atoms with E-state index in [1.165, 1.54) is 0 Å². The zero-order valence-corrected chi connectivity index (χ0v) is 22.1. The highest BCUT2D eigenvalue weighted by molar-refractivity contribution is 6.35. The summed E-state index contributed by atoms with van der Waals surface area (Å²) in [5.74, 6) is -0.299. The Balaban J connectivity index is 1.18. The van der Waals surface area contributed by atoms with Crippen LogP contribution in [0.4, 0.5) is 22.7 Å². The fourth-order valence-electron chi connectivity index (χ4n) is 3.81. The number of hydrogen-bond acceptors (Lipinski definition) is 5. The fraction of sp³-hybridized carbons (Fsp3) is 0.179. The summed E-state index contributed by atoms with van der Waals surface area (Å²) < 4.78 is 0. The summed E-state index contributed by atoms with van der Waals surface area (Å²) in [5.41, 5.74) is 10.6. The van der Waals surface area contributed by atoms with Crippen LogP contribution in [-0.4, -0.2) is 28.6 Å². The highest BCUT2D eigenvalue weighted by Gasteiger charge is 2.11. The van der Waals surface area contributed by atoms with E-state index in [1.807, 2.05) is 36.4 Å². The molecule has 0 unspecified atom stereocenters. The number of nitrogens with two attached hydrogens (primary N) is 1. The van der Waals surface area contributed by atoms with Crippen LogP contribution in [0.2, 0.25) is 10.0 Å². The molecule has 10 heteroatoms. The summed E-state index contributed by atoms with van der Waals surface area (Å²) in [6.45, 7) is 0.508. The van der Waals surface area contributed by atoms with E-state index >= 15 is 0 Å². The van der Waals surface area contributed by atoms with Gasteiger partial charge in [0.25, 0.3) is 5.91 Å². The van der Waals surface area contributed by atoms with Crippen LogP contribution in [0.25, 0.3) is 11.3 Å². The maximum atomic E-state index is 12.5. The normalized spacial score (nSPS) is 10.7. The van der Waals surface area contributed by atoms with Crippen LogP contribution >= 0.6 is 23.2 Å². The summed E-state index contributed by atoms with van der Waals surface area (Å²) in [6, 6.07) is 21.8. The smallest absolute Gasteiger partial charge is 0.269 e. The van der Waals surface area contributed by atoms with Gasteiger partial charge in [0.05, 0.1) is 17.1 Å². The average Bonchev–Trinajstić information content (AvgIpc) is 3.38. The summed E-state index contributed by atoms with van der Waals surface area (Å²) in [6.07, 6.45) is 2.69. The van der Waals surface area contributed by atoms with Crippen LogP contribution in [0.3, 0.4) is 0 Å². The zero-order chi connectivity index (χ0) is 26.9. The third-order valence-electron chi connectivity index (χ3n) is 5.76.